The minimum Gasteiger partial charge on any atom is -0.378 e. The van der Waals surface area contributed by atoms with Gasteiger partial charge in [-0.25, -0.2) is 0 Å². The van der Waals surface area contributed by atoms with Crippen molar-refractivity contribution < 1.29 is 4.74 Å². The number of rotatable bonds is 10. The lowest BCUT2D eigenvalue weighted by atomic mass is 10.0. The second-order valence-electron chi connectivity index (χ2n) is 5.52. The van der Waals surface area contributed by atoms with Crippen LogP contribution in [0.25, 0.3) is 0 Å². The molecule has 1 fully saturated rings. The van der Waals surface area contributed by atoms with Crippen LogP contribution in [0.5, 0.6) is 0 Å². The van der Waals surface area contributed by atoms with E-state index in [2.05, 4.69) is 25.3 Å². The van der Waals surface area contributed by atoms with E-state index in [9.17, 15) is 0 Å². The third kappa shape index (κ3) is 9.57. The maximum atomic E-state index is 5.75. The highest BCUT2D eigenvalue weighted by molar-refractivity contribution is 7.99. The second kappa shape index (κ2) is 11.5. The summed E-state index contributed by atoms with van der Waals surface area (Å²) in [5.41, 5.74) is 0. The highest BCUT2D eigenvalue weighted by Gasteiger charge is 2.12. The van der Waals surface area contributed by atoms with Crippen LogP contribution in [0, 0.1) is 0 Å². The number of hydrogen-bond donors (Lipinski definition) is 2. The Hall–Kier alpha value is 0.660. The van der Waals surface area contributed by atoms with Crippen molar-refractivity contribution in [3.05, 3.63) is 0 Å². The molecule has 0 aromatic rings. The molecule has 0 saturated carbocycles. The summed E-state index contributed by atoms with van der Waals surface area (Å²) in [7, 11) is 0. The van der Waals surface area contributed by atoms with Crippen molar-refractivity contribution in [3.8, 4) is 0 Å². The van der Waals surface area contributed by atoms with Crippen LogP contribution in [0.2, 0.25) is 0 Å². The van der Waals surface area contributed by atoms with Crippen LogP contribution in [0.15, 0.2) is 0 Å². The molecule has 1 heterocycles. The van der Waals surface area contributed by atoms with Crippen LogP contribution < -0.4 is 0 Å². The number of hydrogen-bond acceptors (Lipinski definition) is 3. The quantitative estimate of drug-likeness (QED) is 0.317. The van der Waals surface area contributed by atoms with Crippen molar-refractivity contribution in [3.63, 3.8) is 0 Å². The predicted octanol–water partition coefficient (Wildman–Crippen LogP) is 5.25. The van der Waals surface area contributed by atoms with Gasteiger partial charge >= 0.3 is 0 Å². The lowest BCUT2D eigenvalue weighted by molar-refractivity contribution is 0.00977. The average molecular weight is 291 g/mol. The van der Waals surface area contributed by atoms with Crippen LogP contribution in [-0.2, 0) is 4.74 Å². The normalized spacial score (nSPS) is 20.5. The first-order valence-electron chi connectivity index (χ1n) is 7.77. The fourth-order valence-corrected chi connectivity index (χ4v) is 2.98. The topological polar surface area (TPSA) is 9.23 Å². The molecule has 0 N–H and O–H groups in total. The molecule has 1 aliphatic heterocycles. The monoisotopic (exact) mass is 290 g/mol. The molecule has 1 aliphatic rings. The van der Waals surface area contributed by atoms with Gasteiger partial charge in [-0.3, -0.25) is 0 Å². The number of unbranched alkanes of at least 4 members (excludes halogenated alkanes) is 6. The van der Waals surface area contributed by atoms with Gasteiger partial charge in [0.15, 0.2) is 0 Å². The van der Waals surface area contributed by atoms with Crippen molar-refractivity contribution in [1.29, 1.82) is 0 Å². The smallest absolute Gasteiger partial charge is 0.0575 e. The fraction of sp³-hybridized carbons (Fsp3) is 1.00. The Labute approximate surface area is 124 Å². The highest BCUT2D eigenvalue weighted by atomic mass is 32.2. The largest absolute Gasteiger partial charge is 0.378 e. The van der Waals surface area contributed by atoms with Crippen molar-refractivity contribution >= 4 is 25.3 Å². The van der Waals surface area contributed by atoms with E-state index in [1.54, 1.807) is 0 Å². The van der Waals surface area contributed by atoms with E-state index in [4.69, 9.17) is 4.74 Å². The zero-order valence-corrected chi connectivity index (χ0v) is 13.4. The van der Waals surface area contributed by atoms with Crippen molar-refractivity contribution in [2.75, 3.05) is 6.61 Å². The number of ether oxygens (including phenoxy) is 1. The summed E-state index contributed by atoms with van der Waals surface area (Å²) < 4.78 is 6.02. The maximum Gasteiger partial charge on any atom is 0.0575 e. The van der Waals surface area contributed by atoms with Crippen LogP contribution in [0.3, 0.4) is 0 Å². The SMILES string of the molecule is SC(S)CCCCCCCCCC1CCCCO1. The lowest BCUT2D eigenvalue weighted by Gasteiger charge is -2.22. The first-order chi connectivity index (χ1) is 8.79. The Kier molecular flexibility index (Phi) is 10.7. The first-order valence-corrected chi connectivity index (χ1v) is 8.80. The van der Waals surface area contributed by atoms with E-state index in [0.717, 1.165) is 13.0 Å². The van der Waals surface area contributed by atoms with E-state index in [-0.39, 0.29) is 4.58 Å². The van der Waals surface area contributed by atoms with Gasteiger partial charge < -0.3 is 4.74 Å². The van der Waals surface area contributed by atoms with E-state index in [1.165, 1.54) is 70.6 Å². The molecule has 18 heavy (non-hydrogen) atoms. The molecule has 0 aromatic heterocycles. The van der Waals surface area contributed by atoms with Crippen LogP contribution in [0.4, 0.5) is 0 Å². The van der Waals surface area contributed by atoms with Gasteiger partial charge in [0.2, 0.25) is 0 Å². The van der Waals surface area contributed by atoms with Crippen LogP contribution in [0.1, 0.15) is 77.0 Å². The zero-order valence-electron chi connectivity index (χ0n) is 11.6. The minimum atomic E-state index is 0.278. The summed E-state index contributed by atoms with van der Waals surface area (Å²) >= 11 is 8.54. The zero-order chi connectivity index (χ0) is 13.1. The van der Waals surface area contributed by atoms with Crippen LogP contribution in [-0.4, -0.2) is 17.3 Å². The highest BCUT2D eigenvalue weighted by Crippen LogP contribution is 2.19. The molecule has 108 valence electrons. The third-order valence-electron chi connectivity index (χ3n) is 3.76. The molecular weight excluding hydrogens is 260 g/mol. The second-order valence-corrected chi connectivity index (χ2v) is 7.18. The summed E-state index contributed by atoms with van der Waals surface area (Å²) in [6, 6.07) is 0. The standard InChI is InChI=1S/C15H30OS2/c17-15(18)12-7-5-3-1-2-4-6-10-14-11-8-9-13-16-14/h14-15,17-18H,1-13H2. The predicted molar refractivity (Wildman–Crippen MR) is 86.9 cm³/mol. The van der Waals surface area contributed by atoms with Gasteiger partial charge in [-0.15, -0.1) is 0 Å². The summed E-state index contributed by atoms with van der Waals surface area (Å²) in [5, 5.41) is 0. The van der Waals surface area contributed by atoms with Gasteiger partial charge in [0, 0.05) is 11.2 Å². The summed E-state index contributed by atoms with van der Waals surface area (Å²) in [6.07, 6.45) is 16.5. The van der Waals surface area contributed by atoms with Gasteiger partial charge in [-0.05, 0) is 32.1 Å². The molecule has 1 saturated heterocycles. The summed E-state index contributed by atoms with van der Waals surface area (Å²) in [4.78, 5) is 0. The summed E-state index contributed by atoms with van der Waals surface area (Å²) in [5.74, 6) is 0. The van der Waals surface area contributed by atoms with Crippen molar-refractivity contribution in [2.45, 2.75) is 87.7 Å². The molecule has 1 atom stereocenters. The van der Waals surface area contributed by atoms with Gasteiger partial charge in [0.05, 0.1) is 6.10 Å². The Morgan fingerprint density at radius 1 is 0.889 bits per heavy atom. The molecule has 0 spiro atoms. The maximum absolute atomic E-state index is 5.75. The molecule has 0 amide bonds. The molecule has 3 heteroatoms. The fourth-order valence-electron chi connectivity index (χ4n) is 2.62. The molecule has 1 nitrogen and oxygen atoms in total. The Balaban J connectivity index is 1.75. The Morgan fingerprint density at radius 3 is 2.17 bits per heavy atom. The van der Waals surface area contributed by atoms with Crippen LogP contribution >= 0.6 is 25.3 Å². The molecule has 1 unspecified atom stereocenters. The summed E-state index contributed by atoms with van der Waals surface area (Å²) in [6.45, 7) is 1.00. The molecule has 0 aromatic carbocycles. The Bertz CT molecular complexity index is 179. The van der Waals surface area contributed by atoms with E-state index >= 15 is 0 Å². The molecule has 0 aliphatic carbocycles. The van der Waals surface area contributed by atoms with E-state index in [0.29, 0.717) is 6.10 Å². The van der Waals surface area contributed by atoms with Crippen molar-refractivity contribution in [2.24, 2.45) is 0 Å². The molecule has 0 radical (unpaired) electrons. The minimum absolute atomic E-state index is 0.278. The first kappa shape index (κ1) is 16.7. The molecule has 1 rings (SSSR count). The average Bonchev–Trinajstić information content (AvgIpc) is 2.37. The Morgan fingerprint density at radius 2 is 1.56 bits per heavy atom. The van der Waals surface area contributed by atoms with Gasteiger partial charge in [0.1, 0.15) is 0 Å². The lowest BCUT2D eigenvalue weighted by Crippen LogP contribution is -2.18. The third-order valence-corrected chi connectivity index (χ3v) is 4.28. The van der Waals surface area contributed by atoms with Crippen molar-refractivity contribution in [1.82, 2.24) is 0 Å². The molecule has 0 bridgehead atoms. The van der Waals surface area contributed by atoms with Gasteiger partial charge in [-0.1, -0.05) is 44.9 Å². The van der Waals surface area contributed by atoms with E-state index in [1.807, 2.05) is 0 Å². The number of thiol groups is 2. The van der Waals surface area contributed by atoms with Gasteiger partial charge in [-0.2, -0.15) is 25.3 Å². The van der Waals surface area contributed by atoms with Gasteiger partial charge in [0.25, 0.3) is 0 Å². The molecular formula is C15H30OS2. The van der Waals surface area contributed by atoms with E-state index < -0.39 is 0 Å².